The highest BCUT2D eigenvalue weighted by molar-refractivity contribution is 6.33. The molecule has 2 heteroatoms. The fourth-order valence-electron chi connectivity index (χ4n) is 0.129. The van der Waals surface area contributed by atoms with E-state index in [0.717, 1.165) is 6.32 Å². The highest BCUT2D eigenvalue weighted by atomic mass is 16.2. The third kappa shape index (κ3) is 4.02. The molecule has 0 unspecified atom stereocenters. The predicted octanol–water partition coefficient (Wildman–Crippen LogP) is 0.149. The van der Waals surface area contributed by atoms with E-state index >= 15 is 0 Å². The summed E-state index contributed by atoms with van der Waals surface area (Å²) < 4.78 is 0. The van der Waals surface area contributed by atoms with Crippen LogP contribution in [0.15, 0.2) is 0 Å². The van der Waals surface area contributed by atoms with Gasteiger partial charge in [-0.3, -0.25) is 0 Å². The van der Waals surface area contributed by atoms with Crippen molar-refractivity contribution in [3.63, 3.8) is 0 Å². The minimum Gasteiger partial charge on any atom is -0.397 e. The normalized spacial score (nSPS) is 7.60. The summed E-state index contributed by atoms with van der Waals surface area (Å²) in [4.78, 5) is 0. The van der Waals surface area contributed by atoms with Crippen molar-refractivity contribution in [2.45, 2.75) is 13.1 Å². The molecule has 0 aromatic rings. The molecule has 0 heterocycles. The van der Waals surface area contributed by atoms with Gasteiger partial charge in [0.15, 0.2) is 0 Å². The SMILES string of the molecule is C[B]CCO. The Morgan fingerprint density at radius 1 is 1.80 bits per heavy atom. The summed E-state index contributed by atoms with van der Waals surface area (Å²) in [6.45, 7) is 2.22. The van der Waals surface area contributed by atoms with Crippen LogP contribution in [0.1, 0.15) is 0 Å². The molecule has 0 amide bonds. The van der Waals surface area contributed by atoms with Gasteiger partial charge in [0.2, 0.25) is 0 Å². The zero-order chi connectivity index (χ0) is 4.12. The van der Waals surface area contributed by atoms with Crippen molar-refractivity contribution in [3.8, 4) is 0 Å². The fraction of sp³-hybridized carbons (Fsp3) is 1.00. The third-order valence-electron chi connectivity index (χ3n) is 0.418. The Morgan fingerprint density at radius 2 is 2.40 bits per heavy atom. The molecule has 0 saturated carbocycles. The molecule has 0 aliphatic carbocycles. The molecule has 0 aliphatic heterocycles. The van der Waals surface area contributed by atoms with E-state index in [9.17, 15) is 0 Å². The lowest BCUT2D eigenvalue weighted by molar-refractivity contribution is 0.318. The summed E-state index contributed by atoms with van der Waals surface area (Å²) in [5.74, 6) is 0. The van der Waals surface area contributed by atoms with Crippen molar-refractivity contribution < 1.29 is 5.11 Å². The molecule has 0 fully saturated rings. The van der Waals surface area contributed by atoms with E-state index in [1.165, 1.54) is 0 Å². The van der Waals surface area contributed by atoms with Crippen LogP contribution >= 0.6 is 0 Å². The summed E-state index contributed by atoms with van der Waals surface area (Å²) in [6, 6.07) is 0. The molecular weight excluding hydrogens is 62.8 g/mol. The quantitative estimate of drug-likeness (QED) is 0.459. The first-order chi connectivity index (χ1) is 2.41. The van der Waals surface area contributed by atoms with Gasteiger partial charge >= 0.3 is 0 Å². The number of aliphatic hydroxyl groups is 1. The van der Waals surface area contributed by atoms with E-state index in [0.29, 0.717) is 0 Å². The van der Waals surface area contributed by atoms with Gasteiger partial charge in [0.25, 0.3) is 0 Å². The number of hydrogen-bond donors (Lipinski definition) is 1. The van der Waals surface area contributed by atoms with E-state index in [1.54, 1.807) is 0 Å². The van der Waals surface area contributed by atoms with Crippen LogP contribution in [0.4, 0.5) is 0 Å². The molecule has 0 rings (SSSR count). The molecule has 1 nitrogen and oxygen atoms in total. The van der Waals surface area contributed by atoms with Gasteiger partial charge in [0.05, 0.1) is 0 Å². The van der Waals surface area contributed by atoms with Crippen LogP contribution in [0.25, 0.3) is 0 Å². The number of hydrogen-bond acceptors (Lipinski definition) is 1. The summed E-state index contributed by atoms with van der Waals surface area (Å²) in [6.07, 6.45) is 0.819. The van der Waals surface area contributed by atoms with Crippen LogP contribution in [0.2, 0.25) is 13.1 Å². The standard InChI is InChI=1S/C3H8BO/c1-4-2-3-5/h5H,2-3H2,1H3. The maximum Gasteiger partial charge on any atom is 0.108 e. The van der Waals surface area contributed by atoms with Gasteiger partial charge in [-0.1, -0.05) is 13.1 Å². The van der Waals surface area contributed by atoms with Gasteiger partial charge in [-0.05, 0) is 0 Å². The summed E-state index contributed by atoms with van der Waals surface area (Å²) in [5.41, 5.74) is 0. The van der Waals surface area contributed by atoms with E-state index in [1.807, 2.05) is 14.1 Å². The highest BCUT2D eigenvalue weighted by Gasteiger charge is 1.72. The molecule has 0 aromatic carbocycles. The summed E-state index contributed by atoms with van der Waals surface area (Å²) >= 11 is 0. The summed E-state index contributed by atoms with van der Waals surface area (Å²) in [7, 11) is 1.93. The third-order valence-corrected chi connectivity index (χ3v) is 0.418. The molecule has 0 saturated heterocycles. The van der Waals surface area contributed by atoms with Crippen molar-refractivity contribution >= 4 is 7.28 Å². The van der Waals surface area contributed by atoms with Crippen molar-refractivity contribution in [2.75, 3.05) is 6.61 Å². The second-order valence-corrected chi connectivity index (χ2v) is 0.921. The van der Waals surface area contributed by atoms with E-state index in [-0.39, 0.29) is 6.61 Å². The first-order valence-corrected chi connectivity index (χ1v) is 1.80. The van der Waals surface area contributed by atoms with Gasteiger partial charge in [0, 0.05) is 6.61 Å². The largest absolute Gasteiger partial charge is 0.397 e. The molecule has 1 N–H and O–H groups in total. The Bertz CT molecular complexity index is 14.4. The van der Waals surface area contributed by atoms with Crippen molar-refractivity contribution in [3.05, 3.63) is 0 Å². The minimum absolute atomic E-state index is 0.288. The topological polar surface area (TPSA) is 20.2 Å². The lowest BCUT2D eigenvalue weighted by Crippen LogP contribution is -1.83. The van der Waals surface area contributed by atoms with E-state index < -0.39 is 0 Å². The van der Waals surface area contributed by atoms with Gasteiger partial charge in [-0.15, -0.1) is 0 Å². The first-order valence-electron chi connectivity index (χ1n) is 1.80. The zero-order valence-electron chi connectivity index (χ0n) is 3.44. The van der Waals surface area contributed by atoms with E-state index in [4.69, 9.17) is 5.11 Å². The molecule has 5 heavy (non-hydrogen) atoms. The Morgan fingerprint density at radius 3 is 2.40 bits per heavy atom. The monoisotopic (exact) mass is 71.1 g/mol. The molecule has 0 atom stereocenters. The Balaban J connectivity index is 2.19. The Kier molecular flexibility index (Phi) is 4.05. The van der Waals surface area contributed by atoms with Gasteiger partial charge < -0.3 is 5.11 Å². The molecule has 0 aliphatic rings. The predicted molar refractivity (Wildman–Crippen MR) is 23.5 cm³/mol. The van der Waals surface area contributed by atoms with Crippen molar-refractivity contribution in [2.24, 2.45) is 0 Å². The smallest absolute Gasteiger partial charge is 0.108 e. The van der Waals surface area contributed by atoms with Gasteiger partial charge in [0.1, 0.15) is 7.28 Å². The van der Waals surface area contributed by atoms with Crippen LogP contribution in [0.5, 0.6) is 0 Å². The lowest BCUT2D eigenvalue weighted by atomic mass is 9.79. The fourth-order valence-corrected chi connectivity index (χ4v) is 0.129. The van der Waals surface area contributed by atoms with Crippen molar-refractivity contribution in [1.82, 2.24) is 0 Å². The average molecular weight is 70.9 g/mol. The maximum absolute atomic E-state index is 8.04. The first kappa shape index (κ1) is 5.02. The Hall–Kier alpha value is 0.0249. The van der Waals surface area contributed by atoms with Crippen LogP contribution < -0.4 is 0 Å². The summed E-state index contributed by atoms with van der Waals surface area (Å²) in [5, 5.41) is 8.04. The highest BCUT2D eigenvalue weighted by Crippen LogP contribution is 1.68. The molecule has 0 bridgehead atoms. The van der Waals surface area contributed by atoms with Crippen LogP contribution in [-0.4, -0.2) is 19.0 Å². The lowest BCUT2D eigenvalue weighted by Gasteiger charge is -1.77. The molecule has 29 valence electrons. The number of aliphatic hydroxyl groups excluding tert-OH is 1. The van der Waals surface area contributed by atoms with Crippen LogP contribution in [0, 0.1) is 0 Å². The molecule has 1 radical (unpaired) electrons. The van der Waals surface area contributed by atoms with Gasteiger partial charge in [-0.25, -0.2) is 0 Å². The van der Waals surface area contributed by atoms with Crippen molar-refractivity contribution in [1.29, 1.82) is 0 Å². The molecule has 0 aromatic heterocycles. The second-order valence-electron chi connectivity index (χ2n) is 0.921. The van der Waals surface area contributed by atoms with Gasteiger partial charge in [-0.2, -0.15) is 0 Å². The van der Waals surface area contributed by atoms with E-state index in [2.05, 4.69) is 0 Å². The molecule has 0 spiro atoms. The van der Waals surface area contributed by atoms with Crippen LogP contribution in [-0.2, 0) is 0 Å². The minimum atomic E-state index is 0.288. The maximum atomic E-state index is 8.04. The molecular formula is C3H8BO. The zero-order valence-corrected chi connectivity index (χ0v) is 3.44. The average Bonchev–Trinajstić information content (AvgIpc) is 1.41. The Labute approximate surface area is 33.3 Å². The second kappa shape index (κ2) is 4.02. The van der Waals surface area contributed by atoms with Crippen LogP contribution in [0.3, 0.4) is 0 Å². The number of rotatable bonds is 2.